The van der Waals surface area contributed by atoms with E-state index in [2.05, 4.69) is 211 Å². The molecule has 0 radical (unpaired) electrons. The summed E-state index contributed by atoms with van der Waals surface area (Å²) >= 11 is 3.62. The minimum atomic E-state index is 1.03. The van der Waals surface area contributed by atoms with Crippen molar-refractivity contribution in [3.63, 3.8) is 0 Å². The summed E-state index contributed by atoms with van der Waals surface area (Å²) in [5, 5.41) is 5.91. The molecule has 4 heteroatoms. The van der Waals surface area contributed by atoms with Gasteiger partial charge in [0.2, 0.25) is 0 Å². The molecule has 0 unspecified atom stereocenters. The molecule has 11 rings (SSSR count). The van der Waals surface area contributed by atoms with Gasteiger partial charge in [-0.1, -0.05) is 158 Å². The Kier molecular flexibility index (Phi) is 8.24. The maximum atomic E-state index is 5.17. The van der Waals surface area contributed by atoms with E-state index in [1.807, 2.05) is 11.3 Å². The summed E-state index contributed by atoms with van der Waals surface area (Å²) in [7, 11) is 0. The quantitative estimate of drug-likeness (QED) is 0.161. The third-order valence-electron chi connectivity index (χ3n) is 10.9. The molecule has 0 amide bonds. The molecule has 0 N–H and O–H groups in total. The highest BCUT2D eigenvalue weighted by molar-refractivity contribution is 7.26. The van der Waals surface area contributed by atoms with Crippen LogP contribution in [0.15, 0.2) is 206 Å². The summed E-state index contributed by atoms with van der Waals surface area (Å²) in [6.07, 6.45) is 0. The lowest BCUT2D eigenvalue weighted by molar-refractivity contribution is 1.31. The van der Waals surface area contributed by atoms with Gasteiger partial charge in [-0.15, -0.1) is 22.7 Å². The van der Waals surface area contributed by atoms with Gasteiger partial charge in [0.25, 0.3) is 0 Å². The summed E-state index contributed by atoms with van der Waals surface area (Å²) in [6.45, 7) is 0. The molecule has 9 aromatic carbocycles. The van der Waals surface area contributed by atoms with E-state index in [0.717, 1.165) is 33.1 Å². The van der Waals surface area contributed by atoms with Crippen molar-refractivity contribution in [1.29, 1.82) is 0 Å². The van der Waals surface area contributed by atoms with Crippen LogP contribution in [0.25, 0.3) is 85.1 Å². The molecule has 0 saturated heterocycles. The maximum Gasteiger partial charge on any atom is 0.124 e. The number of thiophene rings is 1. The molecule has 2 aromatic heterocycles. The molecule has 0 saturated carbocycles. The molecular weight excluding hydrogens is 729 g/mol. The normalized spacial score (nSPS) is 11.5. The largest absolute Gasteiger partial charge is 0.309 e. The first-order valence-corrected chi connectivity index (χ1v) is 20.8. The second-order valence-electron chi connectivity index (χ2n) is 14.4. The number of anilines is 3. The van der Waals surface area contributed by atoms with E-state index in [4.69, 9.17) is 4.98 Å². The third-order valence-corrected chi connectivity index (χ3v) is 13.1. The lowest BCUT2D eigenvalue weighted by Gasteiger charge is -2.28. The Morgan fingerprint density at radius 3 is 1.61 bits per heavy atom. The van der Waals surface area contributed by atoms with Gasteiger partial charge < -0.3 is 4.90 Å². The van der Waals surface area contributed by atoms with Gasteiger partial charge in [-0.2, -0.15) is 0 Å². The monoisotopic (exact) mass is 762 g/mol. The van der Waals surface area contributed by atoms with E-state index < -0.39 is 0 Å². The van der Waals surface area contributed by atoms with Crippen LogP contribution in [0.1, 0.15) is 0 Å². The number of rotatable bonds is 7. The SMILES string of the molecule is c1ccc(-c2ccc(-c3cc(N(c4ccc(-c5ccccc5)cc4)c4cccc5sc6cc7sc(-c8ccccc8)nc7cc6c45)c4ccccc4c3)cc2)cc1. The van der Waals surface area contributed by atoms with Gasteiger partial charge in [-0.3, -0.25) is 0 Å². The topological polar surface area (TPSA) is 16.1 Å². The molecule has 2 heterocycles. The second kappa shape index (κ2) is 14.0. The molecule has 0 aliphatic carbocycles. The van der Waals surface area contributed by atoms with Crippen molar-refractivity contribution in [3.8, 4) is 44.0 Å². The lowest BCUT2D eigenvalue weighted by atomic mass is 9.96. The van der Waals surface area contributed by atoms with Crippen LogP contribution in [-0.2, 0) is 0 Å². The number of nitrogens with zero attached hydrogens (tertiary/aromatic N) is 2. The van der Waals surface area contributed by atoms with Crippen LogP contribution in [0, 0.1) is 0 Å². The standard InChI is InChI=1S/C53H34N2S2/c1-4-13-35(14-5-1)37-23-25-39(26-24-37)42-31-41-19-10-11-20-44(41)48(32-42)55(43-29-27-38(28-30-43)36-15-6-2-7-16-36)47-21-12-22-49-52(47)45-33-46-51(34-50(45)56-49)57-53(54-46)40-17-8-3-9-18-40/h1-34H. The average molecular weight is 763 g/mol. The van der Waals surface area contributed by atoms with Crippen LogP contribution in [0.4, 0.5) is 17.1 Å². The van der Waals surface area contributed by atoms with Gasteiger partial charge in [0.1, 0.15) is 5.01 Å². The van der Waals surface area contributed by atoms with Crippen LogP contribution in [0.3, 0.4) is 0 Å². The number of fused-ring (bicyclic) bond motifs is 5. The van der Waals surface area contributed by atoms with E-state index in [1.165, 1.54) is 69.0 Å². The third kappa shape index (κ3) is 6.07. The Balaban J connectivity index is 1.13. The molecule has 0 atom stereocenters. The number of benzene rings is 9. The Morgan fingerprint density at radius 2 is 0.930 bits per heavy atom. The van der Waals surface area contributed by atoms with E-state index in [9.17, 15) is 0 Å². The van der Waals surface area contributed by atoms with Crippen molar-refractivity contribution in [2.45, 2.75) is 0 Å². The van der Waals surface area contributed by atoms with E-state index in [1.54, 1.807) is 11.3 Å². The first-order chi connectivity index (χ1) is 28.2. The summed E-state index contributed by atoms with van der Waals surface area (Å²) in [4.78, 5) is 7.65. The summed E-state index contributed by atoms with van der Waals surface area (Å²) in [5.74, 6) is 0. The van der Waals surface area contributed by atoms with Gasteiger partial charge in [0, 0.05) is 36.8 Å². The smallest absolute Gasteiger partial charge is 0.124 e. The van der Waals surface area contributed by atoms with E-state index >= 15 is 0 Å². The molecule has 268 valence electrons. The molecule has 0 aliphatic rings. The summed E-state index contributed by atoms with van der Waals surface area (Å²) < 4.78 is 3.73. The zero-order valence-electron chi connectivity index (χ0n) is 30.8. The Hall–Kier alpha value is -6.85. The van der Waals surface area contributed by atoms with Gasteiger partial charge >= 0.3 is 0 Å². The highest BCUT2D eigenvalue weighted by atomic mass is 32.1. The van der Waals surface area contributed by atoms with Crippen LogP contribution in [-0.4, -0.2) is 4.98 Å². The number of hydrogen-bond acceptors (Lipinski definition) is 4. The number of thiazole rings is 1. The average Bonchev–Trinajstić information content (AvgIpc) is 3.88. The maximum absolute atomic E-state index is 5.17. The molecule has 0 bridgehead atoms. The predicted octanol–water partition coefficient (Wildman–Crippen LogP) is 16.0. The summed E-state index contributed by atoms with van der Waals surface area (Å²) in [5.41, 5.74) is 12.7. The zero-order chi connectivity index (χ0) is 37.7. The van der Waals surface area contributed by atoms with E-state index in [-0.39, 0.29) is 0 Å². The van der Waals surface area contributed by atoms with Crippen molar-refractivity contribution >= 4 is 80.9 Å². The summed E-state index contributed by atoms with van der Waals surface area (Å²) in [6, 6.07) is 74.7. The predicted molar refractivity (Wildman–Crippen MR) is 246 cm³/mol. The molecular formula is C53H34N2S2. The Bertz CT molecular complexity index is 3200. The van der Waals surface area contributed by atoms with Crippen LogP contribution >= 0.6 is 22.7 Å². The molecule has 11 aromatic rings. The fourth-order valence-electron chi connectivity index (χ4n) is 8.09. The van der Waals surface area contributed by atoms with Crippen LogP contribution < -0.4 is 4.90 Å². The highest BCUT2D eigenvalue weighted by Gasteiger charge is 2.22. The first-order valence-electron chi connectivity index (χ1n) is 19.2. The Morgan fingerprint density at radius 1 is 0.351 bits per heavy atom. The van der Waals surface area contributed by atoms with Gasteiger partial charge in [0.05, 0.1) is 21.6 Å². The van der Waals surface area contributed by atoms with Crippen LogP contribution in [0.2, 0.25) is 0 Å². The van der Waals surface area contributed by atoms with Gasteiger partial charge in [-0.05, 0) is 87.3 Å². The van der Waals surface area contributed by atoms with Crippen molar-refractivity contribution in [2.24, 2.45) is 0 Å². The van der Waals surface area contributed by atoms with Crippen molar-refractivity contribution < 1.29 is 0 Å². The number of hydrogen-bond donors (Lipinski definition) is 0. The second-order valence-corrected chi connectivity index (χ2v) is 16.5. The van der Waals surface area contributed by atoms with Crippen molar-refractivity contribution in [3.05, 3.63) is 206 Å². The molecule has 57 heavy (non-hydrogen) atoms. The number of aromatic nitrogens is 1. The minimum Gasteiger partial charge on any atom is -0.309 e. The molecule has 2 nitrogen and oxygen atoms in total. The molecule has 0 spiro atoms. The first kappa shape index (κ1) is 33.5. The van der Waals surface area contributed by atoms with Crippen LogP contribution in [0.5, 0.6) is 0 Å². The highest BCUT2D eigenvalue weighted by Crippen LogP contribution is 2.49. The lowest BCUT2D eigenvalue weighted by Crippen LogP contribution is -2.11. The Labute approximate surface area is 339 Å². The van der Waals surface area contributed by atoms with Crippen molar-refractivity contribution in [2.75, 3.05) is 4.90 Å². The molecule has 0 fully saturated rings. The van der Waals surface area contributed by atoms with E-state index in [0.29, 0.717) is 0 Å². The fourth-order valence-corrected chi connectivity index (χ4v) is 10.3. The molecule has 0 aliphatic heterocycles. The van der Waals surface area contributed by atoms with Gasteiger partial charge in [0.15, 0.2) is 0 Å². The van der Waals surface area contributed by atoms with Crippen molar-refractivity contribution in [1.82, 2.24) is 4.98 Å². The van der Waals surface area contributed by atoms with Gasteiger partial charge in [-0.25, -0.2) is 4.98 Å². The fraction of sp³-hybridized carbons (Fsp3) is 0. The zero-order valence-corrected chi connectivity index (χ0v) is 32.5. The minimum absolute atomic E-state index is 1.03.